The highest BCUT2D eigenvalue weighted by molar-refractivity contribution is 7.11. The van der Waals surface area contributed by atoms with Gasteiger partial charge in [-0.2, -0.15) is 0 Å². The van der Waals surface area contributed by atoms with Crippen LogP contribution in [0.1, 0.15) is 38.9 Å². The van der Waals surface area contributed by atoms with Crippen molar-refractivity contribution in [1.82, 2.24) is 15.3 Å². The van der Waals surface area contributed by atoms with Gasteiger partial charge in [0, 0.05) is 23.0 Å². The number of carbonyl (C=O) groups is 1. The first kappa shape index (κ1) is 13.5. The van der Waals surface area contributed by atoms with Crippen LogP contribution in [0.5, 0.6) is 0 Å². The Kier molecular flexibility index (Phi) is 3.80. The topological polar surface area (TPSA) is 80.9 Å². The summed E-state index contributed by atoms with van der Waals surface area (Å²) < 4.78 is 0. The Morgan fingerprint density at radius 1 is 1.47 bits per heavy atom. The zero-order valence-electron chi connectivity index (χ0n) is 11.1. The molecular formula is C13H16N4OS. The molecule has 19 heavy (non-hydrogen) atoms. The fraction of sp³-hybridized carbons (Fsp3) is 0.308. The standard InChI is InChI=1S/C13H16N4OS/c1-7-12(19-9(3)16-7)8(2)17-13(18)10-6-15-5-4-11(10)14/h4-6,8H,1-3H3,(H2,14,15)(H,17,18). The number of hydrogen-bond donors (Lipinski definition) is 2. The second-order valence-electron chi connectivity index (χ2n) is 4.34. The van der Waals surface area contributed by atoms with E-state index in [1.807, 2.05) is 20.8 Å². The number of thiazole rings is 1. The third-order valence-corrected chi connectivity index (χ3v) is 4.04. The second kappa shape index (κ2) is 5.36. The molecule has 0 aliphatic rings. The van der Waals surface area contributed by atoms with Crippen LogP contribution in [0.4, 0.5) is 5.69 Å². The summed E-state index contributed by atoms with van der Waals surface area (Å²) in [6, 6.07) is 1.51. The molecule has 0 saturated carbocycles. The van der Waals surface area contributed by atoms with Gasteiger partial charge in [0.25, 0.3) is 5.91 Å². The second-order valence-corrected chi connectivity index (χ2v) is 5.58. The lowest BCUT2D eigenvalue weighted by Crippen LogP contribution is -2.27. The first-order valence-corrected chi connectivity index (χ1v) is 6.75. The van der Waals surface area contributed by atoms with E-state index in [9.17, 15) is 4.79 Å². The molecule has 6 heteroatoms. The first-order chi connectivity index (χ1) is 8.99. The molecule has 0 bridgehead atoms. The Bertz CT molecular complexity index is 608. The number of nitrogens with one attached hydrogen (secondary N) is 1. The van der Waals surface area contributed by atoms with E-state index >= 15 is 0 Å². The van der Waals surface area contributed by atoms with Crippen LogP contribution in [0.2, 0.25) is 0 Å². The van der Waals surface area contributed by atoms with Gasteiger partial charge in [0.1, 0.15) is 0 Å². The molecule has 2 heterocycles. The van der Waals surface area contributed by atoms with E-state index in [1.54, 1.807) is 23.6 Å². The van der Waals surface area contributed by atoms with Gasteiger partial charge in [-0.05, 0) is 26.8 Å². The number of nitrogens with zero attached hydrogens (tertiary/aromatic N) is 2. The largest absolute Gasteiger partial charge is 0.398 e. The summed E-state index contributed by atoms with van der Waals surface area (Å²) in [4.78, 5) is 21.5. The van der Waals surface area contributed by atoms with E-state index in [4.69, 9.17) is 5.73 Å². The lowest BCUT2D eigenvalue weighted by molar-refractivity contribution is 0.0941. The molecular weight excluding hydrogens is 260 g/mol. The molecule has 0 aliphatic carbocycles. The molecule has 2 aromatic heterocycles. The maximum Gasteiger partial charge on any atom is 0.255 e. The van der Waals surface area contributed by atoms with E-state index in [0.29, 0.717) is 11.3 Å². The maximum atomic E-state index is 12.1. The summed E-state index contributed by atoms with van der Waals surface area (Å²) in [5, 5.41) is 3.91. The predicted molar refractivity (Wildman–Crippen MR) is 76.1 cm³/mol. The van der Waals surface area contributed by atoms with Crippen LogP contribution in [0.15, 0.2) is 18.5 Å². The SMILES string of the molecule is Cc1nc(C)c(C(C)NC(=O)c2cnccc2N)s1. The van der Waals surface area contributed by atoms with Crippen molar-refractivity contribution in [2.45, 2.75) is 26.8 Å². The Balaban J connectivity index is 2.15. The average Bonchev–Trinajstić information content (AvgIpc) is 2.69. The number of aryl methyl sites for hydroxylation is 2. The molecule has 5 nitrogen and oxygen atoms in total. The Morgan fingerprint density at radius 2 is 2.21 bits per heavy atom. The maximum absolute atomic E-state index is 12.1. The molecule has 0 saturated heterocycles. The molecule has 3 N–H and O–H groups in total. The van der Waals surface area contributed by atoms with Crippen molar-refractivity contribution in [1.29, 1.82) is 0 Å². The zero-order chi connectivity index (χ0) is 14.0. The van der Waals surface area contributed by atoms with Crippen LogP contribution in [0.25, 0.3) is 0 Å². The van der Waals surface area contributed by atoms with Crippen LogP contribution < -0.4 is 11.1 Å². The number of rotatable bonds is 3. The molecule has 2 rings (SSSR count). The van der Waals surface area contributed by atoms with E-state index in [-0.39, 0.29) is 11.9 Å². The highest BCUT2D eigenvalue weighted by Gasteiger charge is 2.17. The van der Waals surface area contributed by atoms with Crippen molar-refractivity contribution >= 4 is 22.9 Å². The van der Waals surface area contributed by atoms with Crippen LogP contribution >= 0.6 is 11.3 Å². The van der Waals surface area contributed by atoms with Crippen molar-refractivity contribution in [3.05, 3.63) is 39.6 Å². The summed E-state index contributed by atoms with van der Waals surface area (Å²) in [6.07, 6.45) is 3.04. The normalized spacial score (nSPS) is 12.2. The number of anilines is 1. The van der Waals surface area contributed by atoms with E-state index < -0.39 is 0 Å². The molecule has 0 spiro atoms. The van der Waals surface area contributed by atoms with Gasteiger partial charge < -0.3 is 11.1 Å². The highest BCUT2D eigenvalue weighted by Crippen LogP contribution is 2.24. The minimum absolute atomic E-state index is 0.0988. The molecule has 1 atom stereocenters. The monoisotopic (exact) mass is 276 g/mol. The Labute approximate surface area is 115 Å². The van der Waals surface area contributed by atoms with Crippen molar-refractivity contribution in [2.24, 2.45) is 0 Å². The first-order valence-electron chi connectivity index (χ1n) is 5.93. The number of amides is 1. The molecule has 1 unspecified atom stereocenters. The van der Waals surface area contributed by atoms with Crippen molar-refractivity contribution in [2.75, 3.05) is 5.73 Å². The number of aromatic nitrogens is 2. The van der Waals surface area contributed by atoms with Gasteiger partial charge in [0.2, 0.25) is 0 Å². The smallest absolute Gasteiger partial charge is 0.255 e. The minimum atomic E-state index is -0.219. The molecule has 1 amide bonds. The van der Waals surface area contributed by atoms with Gasteiger partial charge in [-0.15, -0.1) is 11.3 Å². The van der Waals surface area contributed by atoms with Crippen molar-refractivity contribution in [3.63, 3.8) is 0 Å². The fourth-order valence-electron chi connectivity index (χ4n) is 1.88. The van der Waals surface area contributed by atoms with Crippen molar-refractivity contribution < 1.29 is 4.79 Å². The molecule has 0 radical (unpaired) electrons. The molecule has 100 valence electrons. The summed E-state index contributed by atoms with van der Waals surface area (Å²) in [5.74, 6) is -0.219. The Morgan fingerprint density at radius 3 is 2.79 bits per heavy atom. The Hall–Kier alpha value is -1.95. The van der Waals surface area contributed by atoms with E-state index in [1.165, 1.54) is 6.20 Å². The van der Waals surface area contributed by atoms with Crippen LogP contribution in [0.3, 0.4) is 0 Å². The molecule has 0 fully saturated rings. The van der Waals surface area contributed by atoms with E-state index in [2.05, 4.69) is 15.3 Å². The summed E-state index contributed by atoms with van der Waals surface area (Å²) in [5.41, 5.74) is 7.54. The molecule has 2 aromatic rings. The highest BCUT2D eigenvalue weighted by atomic mass is 32.1. The lowest BCUT2D eigenvalue weighted by Gasteiger charge is -2.13. The van der Waals surface area contributed by atoms with Crippen LogP contribution in [-0.2, 0) is 0 Å². The predicted octanol–water partition coefficient (Wildman–Crippen LogP) is 2.23. The summed E-state index contributed by atoms with van der Waals surface area (Å²) in [6.45, 7) is 5.83. The van der Waals surface area contributed by atoms with Crippen LogP contribution in [-0.4, -0.2) is 15.9 Å². The molecule has 0 aromatic carbocycles. The van der Waals surface area contributed by atoms with Crippen LogP contribution in [0, 0.1) is 13.8 Å². The van der Waals surface area contributed by atoms with Crippen molar-refractivity contribution in [3.8, 4) is 0 Å². The van der Waals surface area contributed by atoms with Gasteiger partial charge in [0.05, 0.1) is 22.3 Å². The number of hydrogen-bond acceptors (Lipinski definition) is 5. The van der Waals surface area contributed by atoms with Gasteiger partial charge in [-0.1, -0.05) is 0 Å². The minimum Gasteiger partial charge on any atom is -0.398 e. The van der Waals surface area contributed by atoms with Gasteiger partial charge >= 0.3 is 0 Å². The third-order valence-electron chi connectivity index (χ3n) is 2.78. The average molecular weight is 276 g/mol. The van der Waals surface area contributed by atoms with Gasteiger partial charge in [0.15, 0.2) is 0 Å². The van der Waals surface area contributed by atoms with Gasteiger partial charge in [-0.3, -0.25) is 9.78 Å². The molecule has 0 aliphatic heterocycles. The summed E-state index contributed by atoms with van der Waals surface area (Å²) >= 11 is 1.59. The van der Waals surface area contributed by atoms with E-state index in [0.717, 1.165) is 15.6 Å². The number of pyridine rings is 1. The quantitative estimate of drug-likeness (QED) is 0.900. The lowest BCUT2D eigenvalue weighted by atomic mass is 10.2. The van der Waals surface area contributed by atoms with Gasteiger partial charge in [-0.25, -0.2) is 4.98 Å². The fourth-order valence-corrected chi connectivity index (χ4v) is 2.81. The zero-order valence-corrected chi connectivity index (χ0v) is 11.9. The third kappa shape index (κ3) is 2.90. The number of nitrogen functional groups attached to an aromatic ring is 1. The number of carbonyl (C=O) groups excluding carboxylic acids is 1. The number of nitrogens with two attached hydrogens (primary N) is 1. The summed E-state index contributed by atoms with van der Waals surface area (Å²) in [7, 11) is 0.